The standard InChI is InChI=1S/C24H48O2S/c1-3-5-6-7-8-9-10-11-12-13-14-15-16-17-18-20-24(25)26-22-21-23(27)19-4-2/h23,27H,3-22H2,1-2H3. The third kappa shape index (κ3) is 22.0. The summed E-state index contributed by atoms with van der Waals surface area (Å²) in [5, 5.41) is 0.369. The number of thiol groups is 1. The number of ether oxygens (including phenoxy) is 1. The minimum absolute atomic E-state index is 0.0262. The lowest BCUT2D eigenvalue weighted by molar-refractivity contribution is -0.143. The van der Waals surface area contributed by atoms with Crippen molar-refractivity contribution >= 4 is 18.6 Å². The topological polar surface area (TPSA) is 26.3 Å². The van der Waals surface area contributed by atoms with Crippen LogP contribution in [0.15, 0.2) is 0 Å². The predicted octanol–water partition coefficient (Wildman–Crippen LogP) is 8.28. The van der Waals surface area contributed by atoms with E-state index in [1.807, 2.05) is 0 Å². The van der Waals surface area contributed by atoms with Gasteiger partial charge in [0.05, 0.1) is 6.61 Å². The third-order valence-electron chi connectivity index (χ3n) is 5.32. The van der Waals surface area contributed by atoms with E-state index in [0.29, 0.717) is 18.3 Å². The SMILES string of the molecule is CCCCCCCCCCCCCCCCCC(=O)OCCC(S)CCC. The molecule has 0 N–H and O–H groups in total. The Morgan fingerprint density at radius 1 is 0.667 bits per heavy atom. The molecule has 0 aromatic rings. The lowest BCUT2D eigenvalue weighted by atomic mass is 10.0. The van der Waals surface area contributed by atoms with Crippen LogP contribution in [0.4, 0.5) is 0 Å². The van der Waals surface area contributed by atoms with Gasteiger partial charge in [-0.2, -0.15) is 12.6 Å². The molecule has 0 aromatic carbocycles. The van der Waals surface area contributed by atoms with Crippen LogP contribution in [-0.4, -0.2) is 17.8 Å². The molecule has 0 fully saturated rings. The van der Waals surface area contributed by atoms with Gasteiger partial charge in [0.15, 0.2) is 0 Å². The van der Waals surface area contributed by atoms with Gasteiger partial charge in [-0.15, -0.1) is 0 Å². The van der Waals surface area contributed by atoms with Crippen LogP contribution >= 0.6 is 12.6 Å². The number of unbranched alkanes of at least 4 members (excludes halogenated alkanes) is 14. The van der Waals surface area contributed by atoms with Crippen LogP contribution in [0.3, 0.4) is 0 Å². The van der Waals surface area contributed by atoms with Gasteiger partial charge in [-0.25, -0.2) is 0 Å². The summed E-state index contributed by atoms with van der Waals surface area (Å²) in [7, 11) is 0. The van der Waals surface area contributed by atoms with E-state index in [1.54, 1.807) is 0 Å². The van der Waals surface area contributed by atoms with Gasteiger partial charge in [0, 0.05) is 11.7 Å². The Morgan fingerprint density at radius 2 is 1.11 bits per heavy atom. The zero-order valence-corrected chi connectivity index (χ0v) is 19.4. The van der Waals surface area contributed by atoms with Crippen LogP contribution in [0.2, 0.25) is 0 Å². The second-order valence-corrected chi connectivity index (χ2v) is 8.88. The number of hydrogen-bond acceptors (Lipinski definition) is 3. The van der Waals surface area contributed by atoms with E-state index < -0.39 is 0 Å². The van der Waals surface area contributed by atoms with Gasteiger partial charge in [0.1, 0.15) is 0 Å². The summed E-state index contributed by atoms with van der Waals surface area (Å²) in [6.45, 7) is 4.97. The number of esters is 1. The van der Waals surface area contributed by atoms with Crippen LogP contribution in [0, 0.1) is 0 Å². The van der Waals surface area contributed by atoms with Gasteiger partial charge in [0.25, 0.3) is 0 Å². The Morgan fingerprint density at radius 3 is 1.56 bits per heavy atom. The molecule has 1 atom stereocenters. The summed E-state index contributed by atoms with van der Waals surface area (Å²) in [6.07, 6.45) is 24.0. The van der Waals surface area contributed by atoms with Crippen molar-refractivity contribution in [1.82, 2.24) is 0 Å². The molecule has 0 aliphatic heterocycles. The number of rotatable bonds is 21. The first-order chi connectivity index (χ1) is 13.2. The van der Waals surface area contributed by atoms with Crippen molar-refractivity contribution in [3.8, 4) is 0 Å². The predicted molar refractivity (Wildman–Crippen MR) is 123 cm³/mol. The van der Waals surface area contributed by atoms with Gasteiger partial charge >= 0.3 is 5.97 Å². The van der Waals surface area contributed by atoms with Crippen LogP contribution in [0.5, 0.6) is 0 Å². The molecule has 0 spiro atoms. The highest BCUT2D eigenvalue weighted by Crippen LogP contribution is 2.14. The molecule has 1 unspecified atom stereocenters. The molecule has 0 amide bonds. The monoisotopic (exact) mass is 400 g/mol. The zero-order chi connectivity index (χ0) is 20.0. The van der Waals surface area contributed by atoms with Gasteiger partial charge in [-0.05, 0) is 19.3 Å². The maximum atomic E-state index is 11.7. The Balaban J connectivity index is 3.16. The Hall–Kier alpha value is -0.180. The van der Waals surface area contributed by atoms with Crippen molar-refractivity contribution in [2.45, 2.75) is 141 Å². The largest absolute Gasteiger partial charge is 0.466 e. The first-order valence-electron chi connectivity index (χ1n) is 12.0. The molecule has 162 valence electrons. The highest BCUT2D eigenvalue weighted by Gasteiger charge is 2.05. The molecule has 0 aromatic heterocycles. The van der Waals surface area contributed by atoms with E-state index in [2.05, 4.69) is 26.5 Å². The Labute approximate surface area is 176 Å². The molecule has 0 saturated heterocycles. The molecular weight excluding hydrogens is 352 g/mol. The fourth-order valence-electron chi connectivity index (χ4n) is 3.50. The highest BCUT2D eigenvalue weighted by molar-refractivity contribution is 7.80. The van der Waals surface area contributed by atoms with Crippen LogP contribution in [0.1, 0.15) is 136 Å². The van der Waals surface area contributed by atoms with Crippen molar-refractivity contribution < 1.29 is 9.53 Å². The smallest absolute Gasteiger partial charge is 0.305 e. The quantitative estimate of drug-likeness (QED) is 0.119. The fraction of sp³-hybridized carbons (Fsp3) is 0.958. The molecule has 27 heavy (non-hydrogen) atoms. The molecule has 0 saturated carbocycles. The molecule has 0 aliphatic carbocycles. The van der Waals surface area contributed by atoms with Gasteiger partial charge in [-0.3, -0.25) is 4.79 Å². The first kappa shape index (κ1) is 26.8. The molecule has 0 aliphatic rings. The maximum Gasteiger partial charge on any atom is 0.305 e. The summed E-state index contributed by atoms with van der Waals surface area (Å²) in [5.74, 6) is -0.0262. The fourth-order valence-corrected chi connectivity index (χ4v) is 3.86. The lowest BCUT2D eigenvalue weighted by Crippen LogP contribution is -2.09. The zero-order valence-electron chi connectivity index (χ0n) is 18.5. The van der Waals surface area contributed by atoms with Gasteiger partial charge in [0.2, 0.25) is 0 Å². The van der Waals surface area contributed by atoms with E-state index in [-0.39, 0.29) is 5.97 Å². The van der Waals surface area contributed by atoms with Crippen molar-refractivity contribution in [1.29, 1.82) is 0 Å². The number of carbonyl (C=O) groups excluding carboxylic acids is 1. The third-order valence-corrected chi connectivity index (χ3v) is 5.84. The van der Waals surface area contributed by atoms with Crippen molar-refractivity contribution in [2.24, 2.45) is 0 Å². The molecule has 2 nitrogen and oxygen atoms in total. The summed E-state index contributed by atoms with van der Waals surface area (Å²) in [4.78, 5) is 11.7. The molecular formula is C24H48O2S. The lowest BCUT2D eigenvalue weighted by Gasteiger charge is -2.09. The second-order valence-electron chi connectivity index (χ2n) is 8.15. The minimum atomic E-state index is -0.0262. The first-order valence-corrected chi connectivity index (χ1v) is 12.6. The van der Waals surface area contributed by atoms with E-state index in [9.17, 15) is 4.79 Å². The summed E-state index contributed by atoms with van der Waals surface area (Å²) in [5.41, 5.74) is 0. The van der Waals surface area contributed by atoms with Crippen molar-refractivity contribution in [3.05, 3.63) is 0 Å². The molecule has 0 heterocycles. The molecule has 0 radical (unpaired) electrons. The highest BCUT2D eigenvalue weighted by atomic mass is 32.1. The molecule has 0 bridgehead atoms. The maximum absolute atomic E-state index is 11.7. The summed E-state index contributed by atoms with van der Waals surface area (Å²) in [6, 6.07) is 0. The number of hydrogen-bond donors (Lipinski definition) is 1. The van der Waals surface area contributed by atoms with Crippen LogP contribution in [-0.2, 0) is 9.53 Å². The summed E-state index contributed by atoms with van der Waals surface area (Å²) >= 11 is 4.49. The summed E-state index contributed by atoms with van der Waals surface area (Å²) < 4.78 is 5.29. The normalized spacial score (nSPS) is 12.3. The van der Waals surface area contributed by atoms with Crippen molar-refractivity contribution in [3.63, 3.8) is 0 Å². The van der Waals surface area contributed by atoms with Crippen LogP contribution in [0.25, 0.3) is 0 Å². The molecule has 3 heteroatoms. The average Bonchev–Trinajstić information content (AvgIpc) is 2.65. The minimum Gasteiger partial charge on any atom is -0.466 e. The van der Waals surface area contributed by atoms with Crippen molar-refractivity contribution in [2.75, 3.05) is 6.61 Å². The van der Waals surface area contributed by atoms with E-state index >= 15 is 0 Å². The number of carbonyl (C=O) groups is 1. The van der Waals surface area contributed by atoms with Crippen LogP contribution < -0.4 is 0 Å². The van der Waals surface area contributed by atoms with Gasteiger partial charge in [-0.1, -0.05) is 110 Å². The molecule has 0 rings (SSSR count). The Bertz CT molecular complexity index is 307. The Kier molecular flexibility index (Phi) is 22.0. The van der Waals surface area contributed by atoms with E-state index in [0.717, 1.165) is 32.1 Å². The van der Waals surface area contributed by atoms with E-state index in [1.165, 1.54) is 83.5 Å². The average molecular weight is 401 g/mol. The second kappa shape index (κ2) is 22.1. The van der Waals surface area contributed by atoms with Gasteiger partial charge < -0.3 is 4.74 Å². The van der Waals surface area contributed by atoms with E-state index in [4.69, 9.17) is 4.74 Å².